The van der Waals surface area contributed by atoms with Crippen LogP contribution in [0.5, 0.6) is 0 Å². The van der Waals surface area contributed by atoms with Crippen molar-refractivity contribution in [1.82, 2.24) is 10.6 Å². The second-order valence-corrected chi connectivity index (χ2v) is 6.12. The van der Waals surface area contributed by atoms with Crippen molar-refractivity contribution in [2.75, 3.05) is 6.54 Å². The molecule has 2 N–H and O–H groups in total. The molecule has 1 saturated heterocycles. The molecule has 116 valence electrons. The number of nitrogens with one attached hydrogen (secondary N) is 2. The van der Waals surface area contributed by atoms with Crippen LogP contribution in [0, 0.1) is 6.92 Å². The number of rotatable bonds is 6. The fourth-order valence-electron chi connectivity index (χ4n) is 2.96. The van der Waals surface area contributed by atoms with Gasteiger partial charge in [0.25, 0.3) is 0 Å². The van der Waals surface area contributed by atoms with E-state index in [0.717, 1.165) is 19.4 Å². The van der Waals surface area contributed by atoms with E-state index >= 15 is 0 Å². The van der Waals surface area contributed by atoms with E-state index in [1.54, 1.807) is 0 Å². The molecule has 21 heavy (non-hydrogen) atoms. The molecule has 0 spiro atoms. The molecule has 2 rings (SSSR count). The highest BCUT2D eigenvalue weighted by Gasteiger charge is 2.16. The summed E-state index contributed by atoms with van der Waals surface area (Å²) in [5, 5.41) is 6.67. The Labute approximate surface area is 128 Å². The largest absolute Gasteiger partial charge is 0.349 e. The molecule has 1 aromatic rings. The summed E-state index contributed by atoms with van der Waals surface area (Å²) in [6.07, 6.45) is 6.28. The first kappa shape index (κ1) is 16.0. The normalized spacial score (nSPS) is 20.0. The summed E-state index contributed by atoms with van der Waals surface area (Å²) >= 11 is 0. The van der Waals surface area contributed by atoms with Gasteiger partial charge in [-0.05, 0) is 44.7 Å². The summed E-state index contributed by atoms with van der Waals surface area (Å²) in [6.45, 7) is 5.31. The topological polar surface area (TPSA) is 41.1 Å². The Kier molecular flexibility index (Phi) is 6.24. The summed E-state index contributed by atoms with van der Waals surface area (Å²) < 4.78 is 0. The van der Waals surface area contributed by atoms with Gasteiger partial charge >= 0.3 is 0 Å². The lowest BCUT2D eigenvalue weighted by atomic mass is 9.99. The van der Waals surface area contributed by atoms with Gasteiger partial charge in [-0.25, -0.2) is 0 Å². The van der Waals surface area contributed by atoms with Crippen LogP contribution in [0.3, 0.4) is 0 Å². The second-order valence-electron chi connectivity index (χ2n) is 6.12. The van der Waals surface area contributed by atoms with Crippen LogP contribution in [-0.2, 0) is 4.79 Å². The zero-order chi connectivity index (χ0) is 15.1. The zero-order valence-electron chi connectivity index (χ0n) is 13.3. The van der Waals surface area contributed by atoms with Gasteiger partial charge in [0.1, 0.15) is 0 Å². The van der Waals surface area contributed by atoms with Crippen molar-refractivity contribution in [3.8, 4) is 0 Å². The van der Waals surface area contributed by atoms with Crippen LogP contribution in [-0.4, -0.2) is 18.5 Å². The fraction of sp³-hybridized carbons (Fsp3) is 0.611. The highest BCUT2D eigenvalue weighted by Crippen LogP contribution is 2.18. The number of benzene rings is 1. The molecule has 0 aromatic heterocycles. The van der Waals surface area contributed by atoms with E-state index in [9.17, 15) is 4.79 Å². The van der Waals surface area contributed by atoms with Gasteiger partial charge in [-0.2, -0.15) is 0 Å². The highest BCUT2D eigenvalue weighted by molar-refractivity contribution is 5.76. The molecule has 1 aromatic carbocycles. The van der Waals surface area contributed by atoms with E-state index in [2.05, 4.69) is 48.7 Å². The molecule has 3 heteroatoms. The molecule has 1 fully saturated rings. The summed E-state index contributed by atoms with van der Waals surface area (Å²) in [5.74, 6) is 0.176. The first-order chi connectivity index (χ1) is 10.2. The van der Waals surface area contributed by atoms with Crippen molar-refractivity contribution in [3.63, 3.8) is 0 Å². The lowest BCUT2D eigenvalue weighted by Crippen LogP contribution is -2.36. The maximum Gasteiger partial charge on any atom is 0.220 e. The molecule has 0 bridgehead atoms. The van der Waals surface area contributed by atoms with Crippen LogP contribution in [0.25, 0.3) is 0 Å². The van der Waals surface area contributed by atoms with Crippen LogP contribution in [0.15, 0.2) is 24.3 Å². The van der Waals surface area contributed by atoms with Crippen molar-refractivity contribution < 1.29 is 4.79 Å². The van der Waals surface area contributed by atoms with Crippen LogP contribution >= 0.6 is 0 Å². The van der Waals surface area contributed by atoms with Crippen LogP contribution in [0.2, 0.25) is 0 Å². The van der Waals surface area contributed by atoms with E-state index in [0.29, 0.717) is 12.5 Å². The van der Waals surface area contributed by atoms with E-state index in [4.69, 9.17) is 0 Å². The maximum atomic E-state index is 12.2. The number of hydrogen-bond acceptors (Lipinski definition) is 2. The number of piperidine rings is 1. The second kappa shape index (κ2) is 8.18. The predicted molar refractivity (Wildman–Crippen MR) is 87.2 cm³/mol. The smallest absolute Gasteiger partial charge is 0.220 e. The summed E-state index contributed by atoms with van der Waals surface area (Å²) in [6, 6.07) is 9.12. The molecule has 0 aliphatic carbocycles. The van der Waals surface area contributed by atoms with Crippen molar-refractivity contribution in [1.29, 1.82) is 0 Å². The zero-order valence-corrected chi connectivity index (χ0v) is 13.3. The number of hydrogen-bond donors (Lipinski definition) is 2. The molecule has 1 amide bonds. The monoisotopic (exact) mass is 288 g/mol. The van der Waals surface area contributed by atoms with Gasteiger partial charge in [0, 0.05) is 12.5 Å². The lowest BCUT2D eigenvalue weighted by Gasteiger charge is -2.24. The van der Waals surface area contributed by atoms with Crippen molar-refractivity contribution in [3.05, 3.63) is 35.4 Å². The SMILES string of the molecule is CCC(NC(=O)CCC1CCCCN1)c1ccc(C)cc1. The van der Waals surface area contributed by atoms with Gasteiger partial charge in [0.15, 0.2) is 0 Å². The average molecular weight is 288 g/mol. The molecule has 3 nitrogen and oxygen atoms in total. The fourth-order valence-corrected chi connectivity index (χ4v) is 2.96. The molecule has 0 radical (unpaired) electrons. The quantitative estimate of drug-likeness (QED) is 0.841. The highest BCUT2D eigenvalue weighted by atomic mass is 16.1. The van der Waals surface area contributed by atoms with E-state index in [1.807, 2.05) is 0 Å². The summed E-state index contributed by atoms with van der Waals surface area (Å²) in [4.78, 5) is 12.2. The number of aryl methyl sites for hydroxylation is 1. The third-order valence-corrected chi connectivity index (χ3v) is 4.36. The van der Waals surface area contributed by atoms with Gasteiger partial charge in [0.2, 0.25) is 5.91 Å². The Hall–Kier alpha value is -1.35. The molecule has 1 aliphatic rings. The Balaban J connectivity index is 1.80. The first-order valence-electron chi connectivity index (χ1n) is 8.28. The van der Waals surface area contributed by atoms with Crippen LogP contribution in [0.4, 0.5) is 0 Å². The molecule has 2 atom stereocenters. The van der Waals surface area contributed by atoms with Gasteiger partial charge in [-0.15, -0.1) is 0 Å². The van der Waals surface area contributed by atoms with Gasteiger partial charge in [-0.1, -0.05) is 43.2 Å². The van der Waals surface area contributed by atoms with Gasteiger partial charge in [-0.3, -0.25) is 4.79 Å². The number of carbonyl (C=O) groups is 1. The molecule has 0 saturated carbocycles. The molecular formula is C18H28N2O. The van der Waals surface area contributed by atoms with Crippen LogP contribution in [0.1, 0.15) is 62.6 Å². The average Bonchev–Trinajstić information content (AvgIpc) is 2.52. The minimum absolute atomic E-state index is 0.136. The van der Waals surface area contributed by atoms with Crippen LogP contribution < -0.4 is 10.6 Å². The van der Waals surface area contributed by atoms with Crippen molar-refractivity contribution >= 4 is 5.91 Å². The molecular weight excluding hydrogens is 260 g/mol. The third-order valence-electron chi connectivity index (χ3n) is 4.36. The Morgan fingerprint density at radius 2 is 2.10 bits per heavy atom. The van der Waals surface area contributed by atoms with Gasteiger partial charge in [0.05, 0.1) is 6.04 Å². The van der Waals surface area contributed by atoms with Crippen molar-refractivity contribution in [2.24, 2.45) is 0 Å². The Morgan fingerprint density at radius 1 is 1.33 bits per heavy atom. The van der Waals surface area contributed by atoms with Crippen molar-refractivity contribution in [2.45, 2.75) is 64.5 Å². The molecule has 1 aliphatic heterocycles. The Morgan fingerprint density at radius 3 is 2.71 bits per heavy atom. The summed E-state index contributed by atoms with van der Waals surface area (Å²) in [7, 11) is 0. The number of carbonyl (C=O) groups excluding carboxylic acids is 1. The summed E-state index contributed by atoms with van der Waals surface area (Å²) in [5.41, 5.74) is 2.45. The standard InChI is InChI=1S/C18H28N2O/c1-3-17(15-9-7-14(2)8-10-15)20-18(21)12-11-16-6-4-5-13-19-16/h7-10,16-17,19H,3-6,11-13H2,1-2H3,(H,20,21). The minimum Gasteiger partial charge on any atom is -0.349 e. The predicted octanol–water partition coefficient (Wildman–Crippen LogP) is 3.48. The lowest BCUT2D eigenvalue weighted by molar-refractivity contribution is -0.122. The molecule has 1 heterocycles. The molecule has 2 unspecified atom stereocenters. The first-order valence-corrected chi connectivity index (χ1v) is 8.28. The van der Waals surface area contributed by atoms with E-state index in [1.165, 1.54) is 30.4 Å². The maximum absolute atomic E-state index is 12.2. The minimum atomic E-state index is 0.136. The van der Waals surface area contributed by atoms with E-state index in [-0.39, 0.29) is 11.9 Å². The van der Waals surface area contributed by atoms with E-state index < -0.39 is 0 Å². The Bertz CT molecular complexity index is 435. The third kappa shape index (κ3) is 5.16. The van der Waals surface area contributed by atoms with Gasteiger partial charge < -0.3 is 10.6 Å². The number of amides is 1.